The van der Waals surface area contributed by atoms with E-state index in [0.29, 0.717) is 5.82 Å². The molecule has 1 aliphatic carbocycles. The molecule has 0 fully saturated rings. The Morgan fingerprint density at radius 3 is 1.73 bits per heavy atom. The molecule has 3 heterocycles. The van der Waals surface area contributed by atoms with Crippen molar-refractivity contribution in [2.24, 2.45) is 0 Å². The first-order valence-electron chi connectivity index (χ1n) is 24.6. The molecule has 0 unspecified atom stereocenters. The molecule has 0 amide bonds. The Morgan fingerprint density at radius 1 is 0.352 bits per heavy atom. The molecular formula is C67H44N4. The van der Waals surface area contributed by atoms with Gasteiger partial charge in [0.2, 0.25) is 0 Å². The predicted octanol–water partition coefficient (Wildman–Crippen LogP) is 17.4. The lowest BCUT2D eigenvalue weighted by atomic mass is 9.80. The van der Waals surface area contributed by atoms with Gasteiger partial charge in [0.1, 0.15) is 0 Å². The Hall–Kier alpha value is -9.12. The molecular weight excluding hydrogens is 861 g/mol. The average Bonchev–Trinajstić information content (AvgIpc) is 4.01. The molecule has 0 saturated heterocycles. The summed E-state index contributed by atoms with van der Waals surface area (Å²) in [7, 11) is 0. The second-order valence-corrected chi connectivity index (χ2v) is 19.7. The maximum atomic E-state index is 5.35. The topological polar surface area (TPSA) is 35.6 Å². The van der Waals surface area contributed by atoms with E-state index in [4.69, 9.17) is 9.97 Å². The Balaban J connectivity index is 0.977. The van der Waals surface area contributed by atoms with Crippen LogP contribution in [0.3, 0.4) is 0 Å². The molecule has 0 aliphatic heterocycles. The maximum Gasteiger partial charge on any atom is 0.161 e. The Morgan fingerprint density at radius 2 is 0.944 bits per heavy atom. The smallest absolute Gasteiger partial charge is 0.161 e. The molecule has 1 aliphatic rings. The van der Waals surface area contributed by atoms with Crippen LogP contribution in [0.2, 0.25) is 0 Å². The summed E-state index contributed by atoms with van der Waals surface area (Å²) in [6.07, 6.45) is 0. The molecule has 0 spiro atoms. The quantitative estimate of drug-likeness (QED) is 0.172. The minimum Gasteiger partial charge on any atom is -0.309 e. The summed E-state index contributed by atoms with van der Waals surface area (Å²) in [5.74, 6) is 0.714. The van der Waals surface area contributed by atoms with Gasteiger partial charge in [-0.3, -0.25) is 0 Å². The van der Waals surface area contributed by atoms with Crippen molar-refractivity contribution in [3.63, 3.8) is 0 Å². The van der Waals surface area contributed by atoms with Gasteiger partial charge in [0, 0.05) is 54.5 Å². The molecule has 332 valence electrons. The minimum atomic E-state index is -0.226. The lowest BCUT2D eigenvalue weighted by Gasteiger charge is -2.23. The Bertz CT molecular complexity index is 4540. The van der Waals surface area contributed by atoms with E-state index in [1.54, 1.807) is 0 Å². The molecule has 3 aromatic heterocycles. The van der Waals surface area contributed by atoms with Gasteiger partial charge in [-0.1, -0.05) is 172 Å². The summed E-state index contributed by atoms with van der Waals surface area (Å²) in [4.78, 5) is 10.6. The van der Waals surface area contributed by atoms with Crippen molar-refractivity contribution >= 4 is 76.1 Å². The molecule has 0 atom stereocenters. The third-order valence-electron chi connectivity index (χ3n) is 15.5. The average molecular weight is 905 g/mol. The van der Waals surface area contributed by atoms with Crippen LogP contribution in [0.5, 0.6) is 0 Å². The van der Waals surface area contributed by atoms with Gasteiger partial charge in [-0.25, -0.2) is 9.97 Å². The van der Waals surface area contributed by atoms with Crippen LogP contribution in [0.1, 0.15) is 25.0 Å². The fourth-order valence-electron chi connectivity index (χ4n) is 12.2. The molecule has 0 saturated carbocycles. The Labute approximate surface area is 410 Å². The van der Waals surface area contributed by atoms with E-state index in [2.05, 4.69) is 254 Å². The number of nitrogens with zero attached hydrogens (tertiary/aromatic N) is 4. The number of hydrogen-bond donors (Lipinski definition) is 0. The van der Waals surface area contributed by atoms with Crippen molar-refractivity contribution < 1.29 is 0 Å². The molecule has 0 N–H and O–H groups in total. The van der Waals surface area contributed by atoms with Crippen molar-refractivity contribution in [3.8, 4) is 56.3 Å². The summed E-state index contributed by atoms with van der Waals surface area (Å²) >= 11 is 0. The minimum absolute atomic E-state index is 0.226. The molecule has 15 rings (SSSR count). The second kappa shape index (κ2) is 14.9. The van der Waals surface area contributed by atoms with Crippen LogP contribution < -0.4 is 0 Å². The van der Waals surface area contributed by atoms with Crippen LogP contribution in [0, 0.1) is 0 Å². The van der Waals surface area contributed by atoms with E-state index < -0.39 is 0 Å². The van der Waals surface area contributed by atoms with Crippen molar-refractivity contribution in [2.45, 2.75) is 19.3 Å². The monoisotopic (exact) mass is 904 g/mol. The first-order chi connectivity index (χ1) is 35.0. The molecule has 11 aromatic carbocycles. The third kappa shape index (κ3) is 5.79. The van der Waals surface area contributed by atoms with Crippen LogP contribution in [0.25, 0.3) is 132 Å². The summed E-state index contributed by atoms with van der Waals surface area (Å²) in [6.45, 7) is 4.81. The van der Waals surface area contributed by atoms with E-state index >= 15 is 0 Å². The van der Waals surface area contributed by atoms with Gasteiger partial charge in [-0.2, -0.15) is 0 Å². The van der Waals surface area contributed by atoms with Crippen molar-refractivity contribution in [1.82, 2.24) is 19.1 Å². The van der Waals surface area contributed by atoms with E-state index in [1.165, 1.54) is 82.2 Å². The number of rotatable bonds is 5. The van der Waals surface area contributed by atoms with Gasteiger partial charge in [0.15, 0.2) is 5.82 Å². The van der Waals surface area contributed by atoms with E-state index in [1.807, 2.05) is 0 Å². The molecule has 4 nitrogen and oxygen atoms in total. The lowest BCUT2D eigenvalue weighted by molar-refractivity contribution is 0.667. The van der Waals surface area contributed by atoms with Crippen molar-refractivity contribution in [2.75, 3.05) is 0 Å². The zero-order valence-electron chi connectivity index (χ0n) is 39.2. The molecule has 4 heteroatoms. The van der Waals surface area contributed by atoms with Crippen LogP contribution in [0.4, 0.5) is 0 Å². The number of fused-ring (bicyclic) bond motifs is 13. The number of hydrogen-bond acceptors (Lipinski definition) is 2. The number of benzene rings is 11. The Kier molecular flexibility index (Phi) is 8.38. The van der Waals surface area contributed by atoms with Gasteiger partial charge < -0.3 is 9.13 Å². The standard InChI is InChI=1S/C67H44N4/c1-67(2)57-40-63-56(39-53(57)50-32-29-41-17-9-10-22-46(41)64(50)67)55-38-44(43-30-34-61-54(37-43)49-25-14-16-28-59(49)70(61)45-20-7-4-8-21-45)31-35-62(55)71(63)60-36-33-51(47-23-11-12-24-48(47)60)66-68-58-27-15-13-26-52(58)65(69-66)42-18-5-3-6-19-42/h3-40H,1-2H3. The van der Waals surface area contributed by atoms with Crippen LogP contribution >= 0.6 is 0 Å². The van der Waals surface area contributed by atoms with E-state index in [0.717, 1.165) is 55.4 Å². The fraction of sp³-hybridized carbons (Fsp3) is 0.0448. The summed E-state index contributed by atoms with van der Waals surface area (Å²) in [5.41, 5.74) is 18.5. The third-order valence-corrected chi connectivity index (χ3v) is 15.5. The molecule has 0 bridgehead atoms. The lowest BCUT2D eigenvalue weighted by Crippen LogP contribution is -2.15. The summed E-state index contributed by atoms with van der Waals surface area (Å²) in [5, 5.41) is 10.8. The number of para-hydroxylation sites is 3. The summed E-state index contributed by atoms with van der Waals surface area (Å²) < 4.78 is 4.91. The normalized spacial score (nSPS) is 13.0. The highest BCUT2D eigenvalue weighted by molar-refractivity contribution is 6.16. The molecule has 0 radical (unpaired) electrons. The van der Waals surface area contributed by atoms with Gasteiger partial charge >= 0.3 is 0 Å². The van der Waals surface area contributed by atoms with Crippen LogP contribution in [0.15, 0.2) is 231 Å². The highest BCUT2D eigenvalue weighted by Crippen LogP contribution is 2.54. The van der Waals surface area contributed by atoms with Crippen molar-refractivity contribution in [1.29, 1.82) is 0 Å². The van der Waals surface area contributed by atoms with Gasteiger partial charge in [-0.15, -0.1) is 0 Å². The zero-order valence-corrected chi connectivity index (χ0v) is 39.2. The maximum absolute atomic E-state index is 5.35. The fourth-order valence-corrected chi connectivity index (χ4v) is 12.2. The molecule has 14 aromatic rings. The van der Waals surface area contributed by atoms with Gasteiger partial charge in [-0.05, 0) is 122 Å². The summed E-state index contributed by atoms with van der Waals surface area (Å²) in [6, 6.07) is 84.2. The molecule has 71 heavy (non-hydrogen) atoms. The number of aromatic nitrogens is 4. The largest absolute Gasteiger partial charge is 0.309 e. The van der Waals surface area contributed by atoms with Crippen LogP contribution in [-0.2, 0) is 5.41 Å². The first-order valence-corrected chi connectivity index (χ1v) is 24.6. The van der Waals surface area contributed by atoms with Crippen LogP contribution in [-0.4, -0.2) is 19.1 Å². The van der Waals surface area contributed by atoms with Gasteiger partial charge in [0.05, 0.1) is 39.0 Å². The van der Waals surface area contributed by atoms with Crippen molar-refractivity contribution in [3.05, 3.63) is 242 Å². The zero-order chi connectivity index (χ0) is 47.0. The first kappa shape index (κ1) is 39.8. The highest BCUT2D eigenvalue weighted by Gasteiger charge is 2.38. The van der Waals surface area contributed by atoms with E-state index in [9.17, 15) is 0 Å². The SMILES string of the molecule is CC1(C)c2cc3c(cc2-c2ccc4ccccc4c21)c1cc(-c2ccc4c(c2)c2ccccc2n4-c2ccccc2)ccc1n3-c1ccc(-c2nc(-c3ccccc3)c3ccccc3n2)c2ccccc12. The van der Waals surface area contributed by atoms with Gasteiger partial charge in [0.25, 0.3) is 0 Å². The van der Waals surface area contributed by atoms with E-state index in [-0.39, 0.29) is 5.41 Å². The second-order valence-electron chi connectivity index (χ2n) is 19.7. The predicted molar refractivity (Wildman–Crippen MR) is 297 cm³/mol. The highest BCUT2D eigenvalue weighted by atomic mass is 15.0.